The Balaban J connectivity index is 0.00000144. The number of ether oxygens (including phenoxy) is 1. The zero-order valence-electron chi connectivity index (χ0n) is 7.74. The van der Waals surface area contributed by atoms with Gasteiger partial charge in [-0.25, -0.2) is 0 Å². The molecule has 0 saturated heterocycles. The Labute approximate surface area is 84.3 Å². The first-order valence-electron chi connectivity index (χ1n) is 3.95. The molecular formula is C10H13ClO2. The molecule has 0 unspecified atom stereocenters. The van der Waals surface area contributed by atoms with Gasteiger partial charge in [0.1, 0.15) is 5.75 Å². The molecule has 0 aliphatic carbocycles. The number of carbonyl (C=O) groups is 1. The van der Waals surface area contributed by atoms with Crippen LogP contribution in [0.5, 0.6) is 5.75 Å². The minimum absolute atomic E-state index is 0. The van der Waals surface area contributed by atoms with Crippen LogP contribution >= 0.6 is 12.4 Å². The highest BCUT2D eigenvalue weighted by Crippen LogP contribution is 2.13. The van der Waals surface area contributed by atoms with Crippen LogP contribution in [0.4, 0.5) is 0 Å². The van der Waals surface area contributed by atoms with E-state index in [1.807, 2.05) is 19.1 Å². The Kier molecular flexibility index (Phi) is 5.16. The number of halogens is 1. The zero-order chi connectivity index (χ0) is 8.97. The van der Waals surface area contributed by atoms with Crippen molar-refractivity contribution in [1.29, 1.82) is 0 Å². The van der Waals surface area contributed by atoms with Gasteiger partial charge in [-0.05, 0) is 12.1 Å². The van der Waals surface area contributed by atoms with Gasteiger partial charge in [0.2, 0.25) is 0 Å². The van der Waals surface area contributed by atoms with E-state index in [0.29, 0.717) is 6.42 Å². The van der Waals surface area contributed by atoms with E-state index in [2.05, 4.69) is 0 Å². The Morgan fingerprint density at radius 2 is 2.15 bits per heavy atom. The Morgan fingerprint density at radius 1 is 1.46 bits per heavy atom. The van der Waals surface area contributed by atoms with Gasteiger partial charge in [0, 0.05) is 12.0 Å². The second-order valence-electron chi connectivity index (χ2n) is 2.51. The second-order valence-corrected chi connectivity index (χ2v) is 2.51. The number of hydrogen-bond acceptors (Lipinski definition) is 2. The van der Waals surface area contributed by atoms with E-state index in [0.717, 1.165) is 11.3 Å². The number of ketones is 1. The first-order valence-corrected chi connectivity index (χ1v) is 3.95. The summed E-state index contributed by atoms with van der Waals surface area (Å²) in [6.07, 6.45) is 0.535. The molecule has 0 heterocycles. The third kappa shape index (κ3) is 3.07. The van der Waals surface area contributed by atoms with Gasteiger partial charge < -0.3 is 4.74 Å². The Morgan fingerprint density at radius 3 is 2.69 bits per heavy atom. The minimum Gasteiger partial charge on any atom is -0.497 e. The van der Waals surface area contributed by atoms with E-state index in [1.165, 1.54) is 0 Å². The third-order valence-corrected chi connectivity index (χ3v) is 1.71. The fraction of sp³-hybridized carbons (Fsp3) is 0.300. The highest BCUT2D eigenvalue weighted by molar-refractivity contribution is 5.96. The first kappa shape index (κ1) is 12.0. The maximum atomic E-state index is 11.2. The van der Waals surface area contributed by atoms with Gasteiger partial charge in [-0.15, -0.1) is 12.4 Å². The summed E-state index contributed by atoms with van der Waals surface area (Å²) in [5.74, 6) is 0.878. The molecule has 0 atom stereocenters. The van der Waals surface area contributed by atoms with E-state index in [-0.39, 0.29) is 18.2 Å². The van der Waals surface area contributed by atoms with Gasteiger partial charge in [-0.2, -0.15) is 0 Å². The Hall–Kier alpha value is -1.02. The molecular weight excluding hydrogens is 188 g/mol. The maximum absolute atomic E-state index is 11.2. The summed E-state index contributed by atoms with van der Waals surface area (Å²) in [4.78, 5) is 11.2. The number of carbonyl (C=O) groups excluding carboxylic acids is 1. The molecule has 1 rings (SSSR count). The fourth-order valence-electron chi connectivity index (χ4n) is 1.00. The van der Waals surface area contributed by atoms with Gasteiger partial charge in [0.25, 0.3) is 0 Å². The van der Waals surface area contributed by atoms with Crippen molar-refractivity contribution >= 4 is 18.2 Å². The van der Waals surface area contributed by atoms with Gasteiger partial charge in [-0.3, -0.25) is 4.79 Å². The zero-order valence-corrected chi connectivity index (χ0v) is 8.56. The quantitative estimate of drug-likeness (QED) is 0.702. The van der Waals surface area contributed by atoms with Crippen LogP contribution in [0.1, 0.15) is 23.7 Å². The average molecular weight is 201 g/mol. The number of hydrogen-bond donors (Lipinski definition) is 0. The lowest BCUT2D eigenvalue weighted by Crippen LogP contribution is -1.96. The predicted molar refractivity (Wildman–Crippen MR) is 54.9 cm³/mol. The molecule has 0 aromatic heterocycles. The summed E-state index contributed by atoms with van der Waals surface area (Å²) in [6.45, 7) is 1.85. The van der Waals surface area contributed by atoms with Crippen molar-refractivity contribution < 1.29 is 9.53 Å². The smallest absolute Gasteiger partial charge is 0.162 e. The fourth-order valence-corrected chi connectivity index (χ4v) is 1.00. The van der Waals surface area contributed by atoms with E-state index >= 15 is 0 Å². The number of rotatable bonds is 3. The monoisotopic (exact) mass is 200 g/mol. The topological polar surface area (TPSA) is 26.3 Å². The summed E-state index contributed by atoms with van der Waals surface area (Å²) >= 11 is 0. The maximum Gasteiger partial charge on any atom is 0.162 e. The molecule has 0 N–H and O–H groups in total. The average Bonchev–Trinajstić information content (AvgIpc) is 2.17. The highest BCUT2D eigenvalue weighted by Gasteiger charge is 2.02. The molecule has 0 aliphatic rings. The third-order valence-electron chi connectivity index (χ3n) is 1.71. The molecule has 0 spiro atoms. The van der Waals surface area contributed by atoms with Gasteiger partial charge >= 0.3 is 0 Å². The molecule has 0 amide bonds. The van der Waals surface area contributed by atoms with Crippen molar-refractivity contribution in [3.8, 4) is 5.75 Å². The second kappa shape index (κ2) is 5.60. The summed E-state index contributed by atoms with van der Waals surface area (Å²) in [7, 11) is 1.59. The van der Waals surface area contributed by atoms with Gasteiger partial charge in [0.15, 0.2) is 5.78 Å². The van der Waals surface area contributed by atoms with E-state index in [1.54, 1.807) is 19.2 Å². The lowest BCUT2D eigenvalue weighted by atomic mass is 10.1. The Bertz CT molecular complexity index is 284. The first-order chi connectivity index (χ1) is 5.77. The van der Waals surface area contributed by atoms with Crippen LogP contribution < -0.4 is 4.74 Å². The summed E-state index contributed by atoms with van der Waals surface area (Å²) in [5, 5.41) is 0. The van der Waals surface area contributed by atoms with Crippen LogP contribution in [-0.4, -0.2) is 12.9 Å². The van der Waals surface area contributed by atoms with E-state index in [4.69, 9.17) is 4.74 Å². The van der Waals surface area contributed by atoms with Crippen LogP contribution in [-0.2, 0) is 0 Å². The summed E-state index contributed by atoms with van der Waals surface area (Å²) in [5.41, 5.74) is 0.719. The molecule has 13 heavy (non-hydrogen) atoms. The molecule has 72 valence electrons. The van der Waals surface area contributed by atoms with Crippen molar-refractivity contribution in [2.75, 3.05) is 7.11 Å². The molecule has 1 aromatic carbocycles. The number of methoxy groups -OCH3 is 1. The number of benzene rings is 1. The lowest BCUT2D eigenvalue weighted by Gasteiger charge is -2.01. The van der Waals surface area contributed by atoms with Gasteiger partial charge in [0.05, 0.1) is 7.11 Å². The standard InChI is InChI=1S/C10H12O2.ClH/c1-3-10(11)8-5-4-6-9(7-8)12-2;/h4-7H,3H2,1-2H3;1H. The molecule has 0 saturated carbocycles. The minimum atomic E-state index is 0. The van der Waals surface area contributed by atoms with Crippen molar-refractivity contribution in [2.24, 2.45) is 0 Å². The molecule has 2 nitrogen and oxygen atoms in total. The van der Waals surface area contributed by atoms with Gasteiger partial charge in [-0.1, -0.05) is 19.1 Å². The van der Waals surface area contributed by atoms with Crippen LogP contribution in [0.25, 0.3) is 0 Å². The molecule has 3 heteroatoms. The SMILES string of the molecule is CCC(=O)c1cccc(OC)c1.Cl. The van der Waals surface area contributed by atoms with E-state index in [9.17, 15) is 4.79 Å². The lowest BCUT2D eigenvalue weighted by molar-refractivity contribution is 0.0988. The summed E-state index contributed by atoms with van der Waals surface area (Å²) < 4.78 is 5.00. The molecule has 1 aromatic rings. The van der Waals surface area contributed by atoms with Crippen LogP contribution in [0.3, 0.4) is 0 Å². The van der Waals surface area contributed by atoms with Crippen LogP contribution in [0, 0.1) is 0 Å². The van der Waals surface area contributed by atoms with Crippen molar-refractivity contribution in [1.82, 2.24) is 0 Å². The summed E-state index contributed by atoms with van der Waals surface area (Å²) in [6, 6.07) is 7.20. The normalized spacial score (nSPS) is 8.77. The highest BCUT2D eigenvalue weighted by atomic mass is 35.5. The molecule has 0 fully saturated rings. The van der Waals surface area contributed by atoms with Crippen LogP contribution in [0.2, 0.25) is 0 Å². The van der Waals surface area contributed by atoms with Crippen LogP contribution in [0.15, 0.2) is 24.3 Å². The van der Waals surface area contributed by atoms with Crippen molar-refractivity contribution in [3.05, 3.63) is 29.8 Å². The molecule has 0 radical (unpaired) electrons. The number of Topliss-reactive ketones (excluding diaryl/α,β-unsaturated/α-hetero) is 1. The molecule has 0 bridgehead atoms. The van der Waals surface area contributed by atoms with Crippen molar-refractivity contribution in [2.45, 2.75) is 13.3 Å². The van der Waals surface area contributed by atoms with Crippen molar-refractivity contribution in [3.63, 3.8) is 0 Å². The largest absolute Gasteiger partial charge is 0.497 e. The predicted octanol–water partition coefficient (Wildman–Crippen LogP) is 2.71. The van der Waals surface area contributed by atoms with E-state index < -0.39 is 0 Å². The molecule has 0 aliphatic heterocycles.